The fraction of sp³-hybridized carbons (Fsp3) is 0.333. The van der Waals surface area contributed by atoms with Crippen LogP contribution in [0.1, 0.15) is 25.3 Å². The summed E-state index contributed by atoms with van der Waals surface area (Å²) in [6.45, 7) is 3.74. The smallest absolute Gasteiger partial charge is 0.146 e. The van der Waals surface area contributed by atoms with Crippen molar-refractivity contribution in [1.82, 2.24) is 19.4 Å². The Morgan fingerprint density at radius 2 is 1.62 bits per heavy atom. The zero-order chi connectivity index (χ0) is 22.9. The molecule has 6 rings (SSSR count). The highest BCUT2D eigenvalue weighted by atomic mass is 16.5. The number of anilines is 1. The Bertz CT molecular complexity index is 1270. The molecule has 1 saturated carbocycles. The maximum Gasteiger partial charge on any atom is 0.146 e. The normalized spacial score (nSPS) is 21.2. The summed E-state index contributed by atoms with van der Waals surface area (Å²) in [5.41, 5.74) is 9.43. The van der Waals surface area contributed by atoms with E-state index in [1.165, 1.54) is 6.42 Å². The molecule has 2 aromatic heterocycles. The SMILES string of the molecule is Nc1ncnc2c1c(-c1ccc(Oc3ccccc3)cc1)cn2[C@@H]1CC[C@@H](N2CCOCC2)C1. The second-order valence-corrected chi connectivity index (χ2v) is 9.12. The largest absolute Gasteiger partial charge is 0.457 e. The van der Waals surface area contributed by atoms with Crippen LogP contribution in [0.25, 0.3) is 22.2 Å². The Morgan fingerprint density at radius 3 is 2.41 bits per heavy atom. The van der Waals surface area contributed by atoms with E-state index in [1.54, 1.807) is 6.33 Å². The third-order valence-corrected chi connectivity index (χ3v) is 7.12. The van der Waals surface area contributed by atoms with Gasteiger partial charge in [-0.2, -0.15) is 0 Å². The Hall–Kier alpha value is -3.42. The highest BCUT2D eigenvalue weighted by Crippen LogP contribution is 2.40. The molecule has 0 radical (unpaired) electrons. The predicted molar refractivity (Wildman–Crippen MR) is 133 cm³/mol. The molecule has 34 heavy (non-hydrogen) atoms. The van der Waals surface area contributed by atoms with Crippen molar-refractivity contribution >= 4 is 16.9 Å². The second kappa shape index (κ2) is 9.08. The van der Waals surface area contributed by atoms with Gasteiger partial charge in [0.25, 0.3) is 0 Å². The molecule has 0 amide bonds. The molecule has 7 heteroatoms. The van der Waals surface area contributed by atoms with Crippen LogP contribution in [0.2, 0.25) is 0 Å². The number of benzene rings is 2. The maximum atomic E-state index is 6.37. The van der Waals surface area contributed by atoms with Crippen molar-refractivity contribution in [3.8, 4) is 22.6 Å². The van der Waals surface area contributed by atoms with E-state index in [9.17, 15) is 0 Å². The first kappa shape index (κ1) is 21.1. The number of morpholine rings is 1. The molecular weight excluding hydrogens is 426 g/mol. The van der Waals surface area contributed by atoms with Crippen LogP contribution in [0.5, 0.6) is 11.5 Å². The third-order valence-electron chi connectivity index (χ3n) is 7.12. The van der Waals surface area contributed by atoms with E-state index in [0.29, 0.717) is 17.9 Å². The number of nitrogens with two attached hydrogens (primary N) is 1. The van der Waals surface area contributed by atoms with Crippen molar-refractivity contribution in [2.45, 2.75) is 31.3 Å². The Balaban J connectivity index is 1.30. The first-order valence-corrected chi connectivity index (χ1v) is 12.0. The maximum absolute atomic E-state index is 6.37. The fourth-order valence-corrected chi connectivity index (χ4v) is 5.39. The van der Waals surface area contributed by atoms with Gasteiger partial charge in [0.1, 0.15) is 29.3 Å². The van der Waals surface area contributed by atoms with Crippen LogP contribution in [0.15, 0.2) is 67.1 Å². The molecule has 2 aliphatic rings. The van der Waals surface area contributed by atoms with E-state index >= 15 is 0 Å². The summed E-state index contributed by atoms with van der Waals surface area (Å²) in [7, 11) is 0. The van der Waals surface area contributed by atoms with Crippen LogP contribution in [0.3, 0.4) is 0 Å². The average Bonchev–Trinajstić information content (AvgIpc) is 3.52. The first-order chi connectivity index (χ1) is 16.8. The third kappa shape index (κ3) is 4.02. The molecule has 0 unspecified atom stereocenters. The topological polar surface area (TPSA) is 78.4 Å². The standard InChI is InChI=1S/C27H29N5O2/c28-26-25-24(19-6-10-23(11-7-19)34-22-4-2-1-3-5-22)17-32(27(25)30-18-29-26)21-9-8-20(16-21)31-12-14-33-15-13-31/h1-7,10-11,17-18,20-21H,8-9,12-16H2,(H2,28,29,30)/t20-,21-/m1/s1. The molecular formula is C27H29N5O2. The zero-order valence-electron chi connectivity index (χ0n) is 19.1. The molecule has 2 atom stereocenters. The summed E-state index contributed by atoms with van der Waals surface area (Å²) in [4.78, 5) is 11.5. The van der Waals surface area contributed by atoms with E-state index in [2.05, 4.69) is 37.8 Å². The Labute approximate surface area is 199 Å². The summed E-state index contributed by atoms with van der Waals surface area (Å²) in [5.74, 6) is 2.14. The number of para-hydroxylation sites is 1. The van der Waals surface area contributed by atoms with Crippen LogP contribution in [-0.2, 0) is 4.74 Å². The van der Waals surface area contributed by atoms with Crippen molar-refractivity contribution in [2.24, 2.45) is 0 Å². The van der Waals surface area contributed by atoms with Crippen molar-refractivity contribution in [2.75, 3.05) is 32.0 Å². The van der Waals surface area contributed by atoms with Gasteiger partial charge in [-0.3, -0.25) is 4.90 Å². The van der Waals surface area contributed by atoms with Crippen molar-refractivity contribution in [3.05, 3.63) is 67.1 Å². The molecule has 4 aromatic rings. The molecule has 174 valence electrons. The number of fused-ring (bicyclic) bond motifs is 1. The average molecular weight is 456 g/mol. The van der Waals surface area contributed by atoms with E-state index in [1.807, 2.05) is 42.5 Å². The summed E-state index contributed by atoms with van der Waals surface area (Å²) >= 11 is 0. The first-order valence-electron chi connectivity index (χ1n) is 12.0. The highest BCUT2D eigenvalue weighted by molar-refractivity contribution is 6.00. The van der Waals surface area contributed by atoms with Crippen LogP contribution in [-0.4, -0.2) is 51.8 Å². The predicted octanol–water partition coefficient (Wildman–Crippen LogP) is 4.90. The fourth-order valence-electron chi connectivity index (χ4n) is 5.39. The van der Waals surface area contributed by atoms with Gasteiger partial charge in [0.15, 0.2) is 0 Å². The molecule has 1 saturated heterocycles. The molecule has 7 nitrogen and oxygen atoms in total. The van der Waals surface area contributed by atoms with E-state index in [4.69, 9.17) is 15.2 Å². The van der Waals surface area contributed by atoms with Gasteiger partial charge in [-0.15, -0.1) is 0 Å². The van der Waals surface area contributed by atoms with Gasteiger partial charge in [-0.25, -0.2) is 9.97 Å². The molecule has 1 aliphatic heterocycles. The summed E-state index contributed by atoms with van der Waals surface area (Å²) < 4.78 is 13.8. The van der Waals surface area contributed by atoms with Crippen LogP contribution < -0.4 is 10.5 Å². The van der Waals surface area contributed by atoms with Gasteiger partial charge in [-0.1, -0.05) is 30.3 Å². The summed E-state index contributed by atoms with van der Waals surface area (Å²) in [6.07, 6.45) is 7.25. The van der Waals surface area contributed by atoms with Crippen molar-refractivity contribution < 1.29 is 9.47 Å². The number of aromatic nitrogens is 3. The molecule has 2 aromatic carbocycles. The lowest BCUT2D eigenvalue weighted by Crippen LogP contribution is -2.42. The monoisotopic (exact) mass is 455 g/mol. The highest BCUT2D eigenvalue weighted by Gasteiger charge is 2.32. The summed E-state index contributed by atoms with van der Waals surface area (Å²) in [6, 6.07) is 19.0. The molecule has 0 bridgehead atoms. The van der Waals surface area contributed by atoms with E-state index < -0.39 is 0 Å². The zero-order valence-corrected chi connectivity index (χ0v) is 19.1. The minimum absolute atomic E-state index is 0.402. The number of hydrogen-bond donors (Lipinski definition) is 1. The number of ether oxygens (including phenoxy) is 2. The van der Waals surface area contributed by atoms with Crippen LogP contribution >= 0.6 is 0 Å². The molecule has 0 spiro atoms. The number of nitrogen functional groups attached to an aromatic ring is 1. The number of hydrogen-bond acceptors (Lipinski definition) is 6. The van der Waals surface area contributed by atoms with Gasteiger partial charge in [0.05, 0.1) is 18.6 Å². The lowest BCUT2D eigenvalue weighted by molar-refractivity contribution is 0.0173. The van der Waals surface area contributed by atoms with E-state index in [-0.39, 0.29) is 0 Å². The molecule has 2 fully saturated rings. The lowest BCUT2D eigenvalue weighted by Gasteiger charge is -2.32. The van der Waals surface area contributed by atoms with Gasteiger partial charge in [0.2, 0.25) is 0 Å². The molecule has 2 N–H and O–H groups in total. The number of rotatable bonds is 5. The summed E-state index contributed by atoms with van der Waals surface area (Å²) in [5, 5.41) is 0.925. The number of nitrogens with zero attached hydrogens (tertiary/aromatic N) is 4. The van der Waals surface area contributed by atoms with Gasteiger partial charge < -0.3 is 19.8 Å². The lowest BCUT2D eigenvalue weighted by atomic mass is 10.1. The second-order valence-electron chi connectivity index (χ2n) is 9.12. The van der Waals surface area contributed by atoms with Crippen LogP contribution in [0.4, 0.5) is 5.82 Å². The minimum atomic E-state index is 0.402. The molecule has 1 aliphatic carbocycles. The minimum Gasteiger partial charge on any atom is -0.457 e. The van der Waals surface area contributed by atoms with Crippen LogP contribution in [0, 0.1) is 0 Å². The van der Waals surface area contributed by atoms with Crippen molar-refractivity contribution in [1.29, 1.82) is 0 Å². The van der Waals surface area contributed by atoms with Gasteiger partial charge in [-0.05, 0) is 49.1 Å². The van der Waals surface area contributed by atoms with Crippen molar-refractivity contribution in [3.63, 3.8) is 0 Å². The van der Waals surface area contributed by atoms with E-state index in [0.717, 1.165) is 72.8 Å². The van der Waals surface area contributed by atoms with Gasteiger partial charge >= 0.3 is 0 Å². The Morgan fingerprint density at radius 1 is 0.882 bits per heavy atom. The Kier molecular flexibility index (Phi) is 5.65. The molecule has 3 heterocycles. The van der Waals surface area contributed by atoms with Gasteiger partial charge in [0, 0.05) is 36.9 Å². The quantitative estimate of drug-likeness (QED) is 0.461.